The van der Waals surface area contributed by atoms with E-state index >= 15 is 0 Å². The number of ether oxygens (including phenoxy) is 1. The van der Waals surface area contributed by atoms with E-state index in [1.165, 1.54) is 0 Å². The van der Waals surface area contributed by atoms with Crippen LogP contribution in [-0.4, -0.2) is 33.9 Å². The van der Waals surface area contributed by atoms with Gasteiger partial charge >= 0.3 is 12.1 Å². The minimum atomic E-state index is -4.74. The summed E-state index contributed by atoms with van der Waals surface area (Å²) in [6.45, 7) is 1.64. The Hall–Kier alpha value is -1.38. The second kappa shape index (κ2) is 7.06. The van der Waals surface area contributed by atoms with E-state index in [0.29, 0.717) is 6.07 Å². The Morgan fingerprint density at radius 2 is 2.10 bits per heavy atom. The van der Waals surface area contributed by atoms with E-state index in [9.17, 15) is 28.2 Å². The molecule has 2 atom stereocenters. The average molecular weight is 328 g/mol. The van der Waals surface area contributed by atoms with Crippen molar-refractivity contribution < 1.29 is 32.9 Å². The van der Waals surface area contributed by atoms with Crippen LogP contribution in [0.1, 0.15) is 30.6 Å². The number of alkyl halides is 3. The number of nitrogens with zero attached hydrogens (tertiary/aromatic N) is 1. The quantitative estimate of drug-likeness (QED) is 0.639. The Kier molecular flexibility index (Phi) is 5.94. The van der Waals surface area contributed by atoms with E-state index in [1.807, 2.05) is 0 Å². The Morgan fingerprint density at radius 1 is 1.48 bits per heavy atom. The van der Waals surface area contributed by atoms with Gasteiger partial charge in [0.15, 0.2) is 0 Å². The number of rotatable bonds is 5. The summed E-state index contributed by atoms with van der Waals surface area (Å²) in [5.41, 5.74) is -1.53. The number of hydrogen-bond acceptors (Lipinski definition) is 5. The van der Waals surface area contributed by atoms with Gasteiger partial charge in [-0.3, -0.25) is 4.79 Å². The minimum absolute atomic E-state index is 0.0857. The SMILES string of the molecule is CCOC(=O)CC(O)C(O)c1cnc(Cl)c(C(F)(F)F)c1. The zero-order valence-corrected chi connectivity index (χ0v) is 11.6. The molecule has 0 spiro atoms. The van der Waals surface area contributed by atoms with Crippen LogP contribution in [0, 0.1) is 0 Å². The first kappa shape index (κ1) is 17.7. The highest BCUT2D eigenvalue weighted by atomic mass is 35.5. The third-order valence-electron chi connectivity index (χ3n) is 2.55. The predicted octanol–water partition coefficient (Wildman–Crippen LogP) is 2.10. The van der Waals surface area contributed by atoms with Crippen LogP contribution in [0.2, 0.25) is 5.15 Å². The zero-order valence-electron chi connectivity index (χ0n) is 10.9. The molecule has 0 fully saturated rings. The number of pyridine rings is 1. The molecule has 1 aromatic rings. The maximum absolute atomic E-state index is 12.7. The third kappa shape index (κ3) is 4.83. The van der Waals surface area contributed by atoms with Crippen LogP contribution in [0.25, 0.3) is 0 Å². The van der Waals surface area contributed by atoms with Crippen molar-refractivity contribution in [2.75, 3.05) is 6.61 Å². The molecule has 0 aliphatic rings. The molecular weight excluding hydrogens is 315 g/mol. The first-order valence-corrected chi connectivity index (χ1v) is 6.29. The topological polar surface area (TPSA) is 79.7 Å². The van der Waals surface area contributed by atoms with Crippen LogP contribution >= 0.6 is 11.6 Å². The van der Waals surface area contributed by atoms with Crippen LogP contribution in [0.5, 0.6) is 0 Å². The summed E-state index contributed by atoms with van der Waals surface area (Å²) in [7, 11) is 0. The van der Waals surface area contributed by atoms with E-state index in [-0.39, 0.29) is 12.2 Å². The molecule has 0 radical (unpaired) electrons. The second-order valence-electron chi connectivity index (χ2n) is 4.13. The number of carbonyl (C=O) groups excluding carboxylic acids is 1. The van der Waals surface area contributed by atoms with Gasteiger partial charge in [-0.25, -0.2) is 4.98 Å². The van der Waals surface area contributed by atoms with Crippen molar-refractivity contribution in [2.45, 2.75) is 31.7 Å². The van der Waals surface area contributed by atoms with Crippen LogP contribution < -0.4 is 0 Å². The zero-order chi connectivity index (χ0) is 16.2. The maximum Gasteiger partial charge on any atom is 0.419 e. The first-order valence-electron chi connectivity index (χ1n) is 5.91. The van der Waals surface area contributed by atoms with E-state index < -0.39 is 41.5 Å². The van der Waals surface area contributed by atoms with Crippen LogP contribution in [0.15, 0.2) is 12.3 Å². The van der Waals surface area contributed by atoms with Crippen molar-refractivity contribution in [3.05, 3.63) is 28.5 Å². The number of aromatic nitrogens is 1. The van der Waals surface area contributed by atoms with Crippen LogP contribution in [0.3, 0.4) is 0 Å². The van der Waals surface area contributed by atoms with Crippen molar-refractivity contribution in [1.82, 2.24) is 4.98 Å². The molecule has 0 amide bonds. The molecule has 2 N–H and O–H groups in total. The smallest absolute Gasteiger partial charge is 0.419 e. The maximum atomic E-state index is 12.7. The van der Waals surface area contributed by atoms with Gasteiger partial charge in [0, 0.05) is 11.8 Å². The number of aliphatic hydroxyl groups excluding tert-OH is 2. The number of carbonyl (C=O) groups is 1. The first-order chi connectivity index (χ1) is 9.66. The van der Waals surface area contributed by atoms with Crippen molar-refractivity contribution in [2.24, 2.45) is 0 Å². The van der Waals surface area contributed by atoms with Gasteiger partial charge in [0.2, 0.25) is 0 Å². The van der Waals surface area contributed by atoms with Gasteiger partial charge in [-0.2, -0.15) is 13.2 Å². The minimum Gasteiger partial charge on any atom is -0.466 e. The Balaban J connectivity index is 2.92. The van der Waals surface area contributed by atoms with E-state index in [4.69, 9.17) is 11.6 Å². The lowest BCUT2D eigenvalue weighted by atomic mass is 10.0. The summed E-state index contributed by atoms with van der Waals surface area (Å²) in [6, 6.07) is 0.578. The molecule has 0 bridgehead atoms. The standard InChI is InChI=1S/C12H13ClF3NO4/c1-2-21-9(19)4-8(18)10(20)6-3-7(12(14,15)16)11(13)17-5-6/h3,5,8,10,18,20H,2,4H2,1H3. The molecule has 21 heavy (non-hydrogen) atoms. The van der Waals surface area contributed by atoms with Gasteiger partial charge in [-0.15, -0.1) is 0 Å². The van der Waals surface area contributed by atoms with Crippen molar-refractivity contribution in [3.8, 4) is 0 Å². The fourth-order valence-corrected chi connectivity index (χ4v) is 1.76. The second-order valence-corrected chi connectivity index (χ2v) is 4.48. The lowest BCUT2D eigenvalue weighted by molar-refractivity contribution is -0.147. The molecular formula is C12H13ClF3NO4. The van der Waals surface area contributed by atoms with Gasteiger partial charge in [-0.05, 0) is 13.0 Å². The summed E-state index contributed by atoms with van der Waals surface area (Å²) in [5.74, 6) is -0.776. The summed E-state index contributed by atoms with van der Waals surface area (Å²) in [4.78, 5) is 14.5. The van der Waals surface area contributed by atoms with E-state index in [1.54, 1.807) is 6.92 Å². The number of esters is 1. The third-order valence-corrected chi connectivity index (χ3v) is 2.85. The molecule has 0 saturated heterocycles. The number of aliphatic hydroxyl groups is 2. The van der Waals surface area contributed by atoms with Gasteiger partial charge < -0.3 is 14.9 Å². The highest BCUT2D eigenvalue weighted by Crippen LogP contribution is 2.35. The summed E-state index contributed by atoms with van der Waals surface area (Å²) >= 11 is 5.34. The molecule has 0 aliphatic carbocycles. The molecule has 1 aromatic heterocycles. The van der Waals surface area contributed by atoms with E-state index in [2.05, 4.69) is 9.72 Å². The summed E-state index contributed by atoms with van der Waals surface area (Å²) < 4.78 is 42.6. The molecule has 9 heteroatoms. The van der Waals surface area contributed by atoms with Gasteiger partial charge in [0.1, 0.15) is 11.3 Å². The molecule has 5 nitrogen and oxygen atoms in total. The fourth-order valence-electron chi connectivity index (χ4n) is 1.55. The van der Waals surface area contributed by atoms with E-state index in [0.717, 1.165) is 6.20 Å². The lowest BCUT2D eigenvalue weighted by Gasteiger charge is -2.18. The average Bonchev–Trinajstić information content (AvgIpc) is 2.37. The number of hydrogen-bond donors (Lipinski definition) is 2. The normalized spacial score (nSPS) is 14.6. The van der Waals surface area contributed by atoms with Crippen LogP contribution in [-0.2, 0) is 15.7 Å². The predicted molar refractivity (Wildman–Crippen MR) is 66.5 cm³/mol. The van der Waals surface area contributed by atoms with Crippen molar-refractivity contribution >= 4 is 17.6 Å². The highest BCUT2D eigenvalue weighted by molar-refractivity contribution is 6.30. The van der Waals surface area contributed by atoms with Crippen LogP contribution in [0.4, 0.5) is 13.2 Å². The lowest BCUT2D eigenvalue weighted by Crippen LogP contribution is -2.23. The molecule has 0 aliphatic heterocycles. The Morgan fingerprint density at radius 3 is 2.62 bits per heavy atom. The molecule has 1 rings (SSSR count). The Bertz CT molecular complexity index is 510. The Labute approximate surface area is 123 Å². The molecule has 2 unspecified atom stereocenters. The monoisotopic (exact) mass is 327 g/mol. The summed E-state index contributed by atoms with van der Waals surface area (Å²) in [5, 5.41) is 18.7. The van der Waals surface area contributed by atoms with Gasteiger partial charge in [0.05, 0.1) is 24.7 Å². The molecule has 118 valence electrons. The number of halogens is 4. The summed E-state index contributed by atoms with van der Waals surface area (Å²) in [6.07, 6.45) is -7.74. The highest BCUT2D eigenvalue weighted by Gasteiger charge is 2.35. The molecule has 0 aromatic carbocycles. The molecule has 0 saturated carbocycles. The van der Waals surface area contributed by atoms with Crippen molar-refractivity contribution in [3.63, 3.8) is 0 Å². The van der Waals surface area contributed by atoms with Gasteiger partial charge in [-0.1, -0.05) is 11.6 Å². The van der Waals surface area contributed by atoms with Crippen molar-refractivity contribution in [1.29, 1.82) is 0 Å². The largest absolute Gasteiger partial charge is 0.466 e. The molecule has 1 heterocycles. The fraction of sp³-hybridized carbons (Fsp3) is 0.500. The van der Waals surface area contributed by atoms with Gasteiger partial charge in [0.25, 0.3) is 0 Å².